The number of hydrogen-bond acceptors (Lipinski definition) is 4. The van der Waals surface area contributed by atoms with E-state index in [0.29, 0.717) is 39.5 Å². The van der Waals surface area contributed by atoms with Gasteiger partial charge in [0.05, 0.1) is 5.69 Å². The summed E-state index contributed by atoms with van der Waals surface area (Å²) in [5.74, 6) is 0.360. The molecule has 0 amide bonds. The Labute approximate surface area is 206 Å². The fourth-order valence-electron chi connectivity index (χ4n) is 4.99. The summed E-state index contributed by atoms with van der Waals surface area (Å²) in [6.45, 7) is 0. The van der Waals surface area contributed by atoms with Crippen LogP contribution in [-0.2, 0) is 0 Å². The lowest BCUT2D eigenvalue weighted by Gasteiger charge is -2.09. The van der Waals surface area contributed by atoms with Crippen molar-refractivity contribution in [1.29, 1.82) is 0 Å². The van der Waals surface area contributed by atoms with E-state index >= 15 is 0 Å². The Kier molecular flexibility index (Phi) is 4.53. The van der Waals surface area contributed by atoms with Crippen LogP contribution in [0.3, 0.4) is 0 Å². The fourth-order valence-corrected chi connectivity index (χ4v) is 4.99. The SMILES string of the molecule is O=C1/C(=C/c2cc3oc(-c4ccccc4)nc3n2-c2ccccc2)C(O)c2cc3ccccc3cc21. The van der Waals surface area contributed by atoms with Crippen LogP contribution < -0.4 is 0 Å². The molecule has 2 aromatic heterocycles. The van der Waals surface area contributed by atoms with Crippen molar-refractivity contribution in [3.63, 3.8) is 0 Å². The van der Waals surface area contributed by atoms with Gasteiger partial charge in [-0.25, -0.2) is 0 Å². The predicted octanol–water partition coefficient (Wildman–Crippen LogP) is 6.75. The molecule has 0 aliphatic heterocycles. The van der Waals surface area contributed by atoms with Crippen molar-refractivity contribution in [1.82, 2.24) is 9.55 Å². The first-order valence-corrected chi connectivity index (χ1v) is 11.8. The van der Waals surface area contributed by atoms with Gasteiger partial charge in [-0.3, -0.25) is 9.36 Å². The van der Waals surface area contributed by atoms with Gasteiger partial charge in [0.15, 0.2) is 17.0 Å². The molecule has 7 rings (SSSR count). The van der Waals surface area contributed by atoms with Crippen molar-refractivity contribution in [2.45, 2.75) is 6.10 Å². The summed E-state index contributed by atoms with van der Waals surface area (Å²) in [4.78, 5) is 18.2. The van der Waals surface area contributed by atoms with Gasteiger partial charge >= 0.3 is 0 Å². The molecule has 0 saturated heterocycles. The lowest BCUT2D eigenvalue weighted by molar-refractivity contribution is 0.102. The number of fused-ring (bicyclic) bond motifs is 3. The van der Waals surface area contributed by atoms with Crippen LogP contribution in [0.2, 0.25) is 0 Å². The number of oxazole rings is 1. The average molecular weight is 469 g/mol. The van der Waals surface area contributed by atoms with Crippen LogP contribution in [0.25, 0.3) is 45.2 Å². The molecule has 1 N–H and O–H groups in total. The van der Waals surface area contributed by atoms with E-state index < -0.39 is 6.10 Å². The van der Waals surface area contributed by atoms with Crippen LogP contribution >= 0.6 is 0 Å². The van der Waals surface area contributed by atoms with E-state index in [1.54, 1.807) is 6.08 Å². The van der Waals surface area contributed by atoms with Gasteiger partial charge in [-0.2, -0.15) is 4.98 Å². The lowest BCUT2D eigenvalue weighted by Crippen LogP contribution is -2.02. The Bertz CT molecular complexity index is 1810. The van der Waals surface area contributed by atoms with Crippen molar-refractivity contribution in [2.75, 3.05) is 0 Å². The Morgan fingerprint density at radius 1 is 0.833 bits per heavy atom. The number of nitrogens with zero attached hydrogens (tertiary/aromatic N) is 2. The van der Waals surface area contributed by atoms with Gasteiger partial charge in [0.2, 0.25) is 5.89 Å². The van der Waals surface area contributed by atoms with Gasteiger partial charge in [-0.15, -0.1) is 0 Å². The van der Waals surface area contributed by atoms with E-state index in [9.17, 15) is 9.90 Å². The summed E-state index contributed by atoms with van der Waals surface area (Å²) in [6.07, 6.45) is 0.750. The Morgan fingerprint density at radius 2 is 1.50 bits per heavy atom. The first-order chi connectivity index (χ1) is 17.7. The number of aliphatic hydroxyl groups excluding tert-OH is 1. The molecule has 4 aromatic carbocycles. The third-order valence-electron chi connectivity index (χ3n) is 6.74. The zero-order valence-corrected chi connectivity index (χ0v) is 19.1. The van der Waals surface area contributed by atoms with Crippen LogP contribution in [0, 0.1) is 0 Å². The summed E-state index contributed by atoms with van der Waals surface area (Å²) in [6, 6.07) is 33.1. The zero-order chi connectivity index (χ0) is 24.2. The van der Waals surface area contributed by atoms with E-state index in [1.165, 1.54) is 0 Å². The standard InChI is InChI=1S/C31H20N2O3/c34-28-24-15-20-11-7-8-12-21(20)16-25(24)29(35)26(28)17-23-18-27-30(33(23)22-13-5-2-6-14-22)32-31(36-27)19-9-3-1-4-10-19/h1-18,28,34H/b26-17+. The number of para-hydroxylation sites is 1. The van der Waals surface area contributed by atoms with E-state index in [-0.39, 0.29) is 5.78 Å². The monoisotopic (exact) mass is 468 g/mol. The first-order valence-electron chi connectivity index (χ1n) is 11.8. The summed E-state index contributed by atoms with van der Waals surface area (Å²) in [5.41, 5.74) is 5.24. The van der Waals surface area contributed by atoms with Crippen LogP contribution in [-0.4, -0.2) is 20.4 Å². The molecular weight excluding hydrogens is 448 g/mol. The maximum absolute atomic E-state index is 13.4. The molecule has 0 radical (unpaired) electrons. The molecular formula is C31H20N2O3. The van der Waals surface area contributed by atoms with Gasteiger partial charge in [-0.1, -0.05) is 60.7 Å². The molecule has 36 heavy (non-hydrogen) atoms. The molecule has 5 heteroatoms. The third-order valence-corrected chi connectivity index (χ3v) is 6.74. The zero-order valence-electron chi connectivity index (χ0n) is 19.1. The number of Topliss-reactive ketones (excluding diaryl/α,β-unsaturated/α-hetero) is 1. The Balaban J connectivity index is 1.40. The van der Waals surface area contributed by atoms with Crippen molar-refractivity contribution in [3.8, 4) is 17.1 Å². The largest absolute Gasteiger partial charge is 0.434 e. The molecule has 0 spiro atoms. The van der Waals surface area contributed by atoms with Gasteiger partial charge in [0.25, 0.3) is 0 Å². The molecule has 1 atom stereocenters. The predicted molar refractivity (Wildman–Crippen MR) is 140 cm³/mol. The first kappa shape index (κ1) is 20.6. The molecule has 0 fully saturated rings. The second kappa shape index (κ2) is 7.90. The molecule has 0 bridgehead atoms. The van der Waals surface area contributed by atoms with Crippen LogP contribution in [0.5, 0.6) is 0 Å². The quantitative estimate of drug-likeness (QED) is 0.292. The Hall–Kier alpha value is -4.74. The summed E-state index contributed by atoms with van der Waals surface area (Å²) < 4.78 is 8.08. The van der Waals surface area contributed by atoms with E-state index in [1.807, 2.05) is 108 Å². The fraction of sp³-hybridized carbons (Fsp3) is 0.0323. The number of aromatic nitrogens is 2. The van der Waals surface area contributed by atoms with E-state index in [4.69, 9.17) is 9.40 Å². The third kappa shape index (κ3) is 3.14. The van der Waals surface area contributed by atoms with Crippen LogP contribution in [0.15, 0.2) is 113 Å². The van der Waals surface area contributed by atoms with Crippen LogP contribution in [0.1, 0.15) is 27.7 Å². The Morgan fingerprint density at radius 3 is 2.25 bits per heavy atom. The molecule has 1 aliphatic carbocycles. The lowest BCUT2D eigenvalue weighted by atomic mass is 10.0. The summed E-state index contributed by atoms with van der Waals surface area (Å²) >= 11 is 0. The van der Waals surface area contributed by atoms with Gasteiger partial charge in [0, 0.05) is 28.5 Å². The molecule has 6 aromatic rings. The molecule has 2 heterocycles. The highest BCUT2D eigenvalue weighted by Crippen LogP contribution is 2.40. The van der Waals surface area contributed by atoms with E-state index in [2.05, 4.69) is 0 Å². The average Bonchev–Trinajstić information content (AvgIpc) is 3.55. The van der Waals surface area contributed by atoms with Crippen molar-refractivity contribution in [2.24, 2.45) is 0 Å². The highest BCUT2D eigenvalue weighted by atomic mass is 16.3. The number of ketones is 1. The molecule has 1 unspecified atom stereocenters. The summed E-state index contributed by atoms with van der Waals surface area (Å²) in [7, 11) is 0. The normalized spacial score (nSPS) is 16.3. The number of carbonyl (C=O) groups excluding carboxylic acids is 1. The van der Waals surface area contributed by atoms with Gasteiger partial charge < -0.3 is 9.52 Å². The number of carbonyl (C=O) groups is 1. The minimum atomic E-state index is -1.00. The van der Waals surface area contributed by atoms with Crippen molar-refractivity contribution >= 4 is 33.9 Å². The van der Waals surface area contributed by atoms with E-state index in [0.717, 1.165) is 22.0 Å². The second-order valence-electron chi connectivity index (χ2n) is 8.93. The molecule has 0 saturated carbocycles. The van der Waals surface area contributed by atoms with Gasteiger partial charge in [-0.05, 0) is 58.8 Å². The molecule has 172 valence electrons. The van der Waals surface area contributed by atoms with Crippen molar-refractivity contribution in [3.05, 3.63) is 126 Å². The highest BCUT2D eigenvalue weighted by molar-refractivity contribution is 6.18. The van der Waals surface area contributed by atoms with Crippen LogP contribution in [0.4, 0.5) is 0 Å². The van der Waals surface area contributed by atoms with Gasteiger partial charge in [0.1, 0.15) is 6.10 Å². The maximum Gasteiger partial charge on any atom is 0.228 e. The van der Waals surface area contributed by atoms with Crippen molar-refractivity contribution < 1.29 is 14.3 Å². The smallest absolute Gasteiger partial charge is 0.228 e. The maximum atomic E-state index is 13.4. The minimum Gasteiger partial charge on any atom is -0.434 e. The number of hydrogen-bond donors (Lipinski definition) is 1. The molecule has 5 nitrogen and oxygen atoms in total. The second-order valence-corrected chi connectivity index (χ2v) is 8.93. The summed E-state index contributed by atoms with van der Waals surface area (Å²) in [5, 5.41) is 13.1. The number of rotatable bonds is 3. The number of benzene rings is 4. The highest BCUT2D eigenvalue weighted by Gasteiger charge is 2.34. The minimum absolute atomic E-state index is 0.168. The topological polar surface area (TPSA) is 68.3 Å². The molecule has 1 aliphatic rings. The number of aliphatic hydroxyl groups is 1.